The molecule has 106 valence electrons. The highest BCUT2D eigenvalue weighted by Gasteiger charge is 2.29. The summed E-state index contributed by atoms with van der Waals surface area (Å²) in [5.41, 5.74) is 2.23. The second-order valence-electron chi connectivity index (χ2n) is 5.50. The summed E-state index contributed by atoms with van der Waals surface area (Å²) in [5.74, 6) is 6.41. The number of benzene rings is 2. The van der Waals surface area contributed by atoms with Crippen LogP contribution in [0.15, 0.2) is 54.6 Å². The van der Waals surface area contributed by atoms with Crippen LogP contribution in [-0.4, -0.2) is 5.78 Å². The van der Waals surface area contributed by atoms with Crippen molar-refractivity contribution in [1.82, 2.24) is 0 Å². The first-order valence-corrected chi connectivity index (χ1v) is 7.25. The van der Waals surface area contributed by atoms with Crippen molar-refractivity contribution in [2.24, 2.45) is 5.41 Å². The van der Waals surface area contributed by atoms with E-state index in [1.165, 1.54) is 5.56 Å². The second-order valence-corrected chi connectivity index (χ2v) is 5.50. The lowest BCUT2D eigenvalue weighted by atomic mass is 9.80. The molecule has 2 aromatic rings. The first-order chi connectivity index (χ1) is 10.0. The number of Topliss-reactive ketones (excluding diaryl/α,β-unsaturated/α-hetero) is 1. The third-order valence-electron chi connectivity index (χ3n) is 3.78. The minimum atomic E-state index is -0.647. The predicted molar refractivity (Wildman–Crippen MR) is 87.2 cm³/mol. The molecule has 0 N–H and O–H groups in total. The highest BCUT2D eigenvalue weighted by molar-refractivity contribution is 6.02. The number of hydrogen-bond acceptors (Lipinski definition) is 1. The maximum absolute atomic E-state index is 12.7. The normalized spacial score (nSPS) is 12.9. The van der Waals surface area contributed by atoms with Crippen molar-refractivity contribution < 1.29 is 4.79 Å². The monoisotopic (exact) mass is 276 g/mol. The lowest BCUT2D eigenvalue weighted by Crippen LogP contribution is -2.25. The molecule has 0 spiro atoms. The van der Waals surface area contributed by atoms with Crippen molar-refractivity contribution in [3.63, 3.8) is 0 Å². The molecule has 1 nitrogen and oxygen atoms in total. The highest BCUT2D eigenvalue weighted by atomic mass is 16.1. The summed E-state index contributed by atoms with van der Waals surface area (Å²) in [6.07, 6.45) is 0.694. The lowest BCUT2D eigenvalue weighted by molar-refractivity contribution is 0.0874. The van der Waals surface area contributed by atoms with Crippen LogP contribution in [-0.2, 0) is 0 Å². The van der Waals surface area contributed by atoms with Gasteiger partial charge in [0.25, 0.3) is 0 Å². The average Bonchev–Trinajstić information content (AvgIpc) is 2.54. The summed E-state index contributed by atoms with van der Waals surface area (Å²) in [4.78, 5) is 12.7. The molecule has 1 heteroatoms. The van der Waals surface area contributed by atoms with Gasteiger partial charge in [-0.1, -0.05) is 66.8 Å². The summed E-state index contributed by atoms with van der Waals surface area (Å²) >= 11 is 0. The van der Waals surface area contributed by atoms with Crippen molar-refractivity contribution in [2.45, 2.75) is 27.2 Å². The molecule has 0 heterocycles. The summed E-state index contributed by atoms with van der Waals surface area (Å²) in [7, 11) is 0. The van der Waals surface area contributed by atoms with Gasteiger partial charge in [-0.3, -0.25) is 4.79 Å². The van der Waals surface area contributed by atoms with Crippen molar-refractivity contribution in [3.8, 4) is 11.8 Å². The standard InChI is InChI=1S/C20H20O/c1-4-20(3,19(21)18-8-6-5-7-9-18)15-14-17-12-10-16(2)11-13-17/h5-13H,4H2,1-3H3. The number of carbonyl (C=O) groups is 1. The summed E-state index contributed by atoms with van der Waals surface area (Å²) < 4.78 is 0. The van der Waals surface area contributed by atoms with Crippen LogP contribution in [0.3, 0.4) is 0 Å². The van der Waals surface area contributed by atoms with Crippen LogP contribution >= 0.6 is 0 Å². The topological polar surface area (TPSA) is 17.1 Å². The Kier molecular flexibility index (Phi) is 4.60. The smallest absolute Gasteiger partial charge is 0.180 e. The average molecular weight is 276 g/mol. The Morgan fingerprint density at radius 3 is 2.24 bits per heavy atom. The molecule has 0 aliphatic rings. The van der Waals surface area contributed by atoms with Gasteiger partial charge in [0.1, 0.15) is 0 Å². The third-order valence-corrected chi connectivity index (χ3v) is 3.78. The Morgan fingerprint density at radius 2 is 1.67 bits per heavy atom. The van der Waals surface area contributed by atoms with E-state index >= 15 is 0 Å². The molecule has 2 aromatic carbocycles. The Morgan fingerprint density at radius 1 is 1.05 bits per heavy atom. The van der Waals surface area contributed by atoms with E-state index < -0.39 is 5.41 Å². The second kappa shape index (κ2) is 6.41. The first-order valence-electron chi connectivity index (χ1n) is 7.25. The van der Waals surface area contributed by atoms with E-state index in [4.69, 9.17) is 0 Å². The van der Waals surface area contributed by atoms with Gasteiger partial charge in [0, 0.05) is 11.1 Å². The molecule has 21 heavy (non-hydrogen) atoms. The molecule has 0 aliphatic heterocycles. The fourth-order valence-electron chi connectivity index (χ4n) is 2.06. The van der Waals surface area contributed by atoms with Gasteiger partial charge in [0.05, 0.1) is 5.41 Å². The maximum Gasteiger partial charge on any atom is 0.180 e. The van der Waals surface area contributed by atoms with Crippen LogP contribution in [0.4, 0.5) is 0 Å². The number of aryl methyl sites for hydroxylation is 1. The van der Waals surface area contributed by atoms with Crippen molar-refractivity contribution in [3.05, 3.63) is 71.3 Å². The van der Waals surface area contributed by atoms with E-state index in [2.05, 4.69) is 11.8 Å². The highest BCUT2D eigenvalue weighted by Crippen LogP contribution is 2.26. The van der Waals surface area contributed by atoms with Crippen LogP contribution < -0.4 is 0 Å². The predicted octanol–water partition coefficient (Wildman–Crippen LogP) is 4.65. The molecule has 1 atom stereocenters. The lowest BCUT2D eigenvalue weighted by Gasteiger charge is -2.20. The summed E-state index contributed by atoms with van der Waals surface area (Å²) in [6, 6.07) is 17.4. The van der Waals surface area contributed by atoms with Crippen LogP contribution in [0, 0.1) is 24.2 Å². The van der Waals surface area contributed by atoms with Gasteiger partial charge in [-0.15, -0.1) is 0 Å². The SMILES string of the molecule is CCC(C)(C#Cc1ccc(C)cc1)C(=O)c1ccccc1. The van der Waals surface area contributed by atoms with Gasteiger partial charge in [-0.2, -0.15) is 0 Å². The number of rotatable bonds is 3. The molecule has 0 saturated heterocycles. The van der Waals surface area contributed by atoms with Gasteiger partial charge in [-0.25, -0.2) is 0 Å². The molecule has 0 saturated carbocycles. The molecule has 0 radical (unpaired) electrons. The van der Waals surface area contributed by atoms with Crippen molar-refractivity contribution >= 4 is 5.78 Å². The molecule has 0 fully saturated rings. The quantitative estimate of drug-likeness (QED) is 0.589. The van der Waals surface area contributed by atoms with E-state index in [1.54, 1.807) is 0 Å². The number of carbonyl (C=O) groups excluding carboxylic acids is 1. The van der Waals surface area contributed by atoms with Gasteiger partial charge < -0.3 is 0 Å². The van der Waals surface area contributed by atoms with Crippen LogP contribution in [0.2, 0.25) is 0 Å². The molecule has 0 aromatic heterocycles. The Labute approximate surface area is 127 Å². The molecular formula is C20H20O. The molecule has 1 unspecified atom stereocenters. The van der Waals surface area contributed by atoms with Crippen LogP contribution in [0.5, 0.6) is 0 Å². The molecular weight excluding hydrogens is 256 g/mol. The molecule has 2 rings (SSSR count). The van der Waals surface area contributed by atoms with E-state index in [0.717, 1.165) is 11.1 Å². The summed E-state index contributed by atoms with van der Waals surface area (Å²) in [5, 5.41) is 0. The molecule has 0 bridgehead atoms. The van der Waals surface area contributed by atoms with Crippen molar-refractivity contribution in [1.29, 1.82) is 0 Å². The first kappa shape index (κ1) is 15.1. The van der Waals surface area contributed by atoms with Crippen molar-refractivity contribution in [2.75, 3.05) is 0 Å². The number of ketones is 1. The van der Waals surface area contributed by atoms with Gasteiger partial charge in [0.15, 0.2) is 5.78 Å². The van der Waals surface area contributed by atoms with E-state index in [9.17, 15) is 4.79 Å². The third kappa shape index (κ3) is 3.61. The fraction of sp³-hybridized carbons (Fsp3) is 0.250. The maximum atomic E-state index is 12.7. The Bertz CT molecular complexity index is 671. The van der Waals surface area contributed by atoms with E-state index in [-0.39, 0.29) is 5.78 Å². The largest absolute Gasteiger partial charge is 0.292 e. The minimum Gasteiger partial charge on any atom is -0.292 e. The zero-order chi connectivity index (χ0) is 15.3. The Balaban J connectivity index is 2.30. The number of hydrogen-bond donors (Lipinski definition) is 0. The van der Waals surface area contributed by atoms with Crippen LogP contribution in [0.25, 0.3) is 0 Å². The fourth-order valence-corrected chi connectivity index (χ4v) is 2.06. The van der Waals surface area contributed by atoms with E-state index in [1.807, 2.05) is 75.4 Å². The van der Waals surface area contributed by atoms with E-state index in [0.29, 0.717) is 6.42 Å². The zero-order valence-electron chi connectivity index (χ0n) is 12.8. The van der Waals surface area contributed by atoms with Crippen LogP contribution in [0.1, 0.15) is 41.8 Å². The van der Waals surface area contributed by atoms with Gasteiger partial charge in [-0.05, 0) is 32.4 Å². The summed E-state index contributed by atoms with van der Waals surface area (Å²) in [6.45, 7) is 5.97. The van der Waals surface area contributed by atoms with Gasteiger partial charge >= 0.3 is 0 Å². The zero-order valence-corrected chi connectivity index (χ0v) is 12.8. The van der Waals surface area contributed by atoms with Gasteiger partial charge in [0.2, 0.25) is 0 Å². The Hall–Kier alpha value is -2.33. The minimum absolute atomic E-state index is 0.0882. The molecule has 0 amide bonds. The molecule has 0 aliphatic carbocycles.